The van der Waals surface area contributed by atoms with Gasteiger partial charge in [-0.1, -0.05) is 19.3 Å². The number of carboxylic acids is 1. The maximum Gasteiger partial charge on any atom is 0.309 e. The summed E-state index contributed by atoms with van der Waals surface area (Å²) in [5.74, 6) is 1.31. The topological polar surface area (TPSA) is 46.5 Å². The van der Waals surface area contributed by atoms with Gasteiger partial charge in [0.15, 0.2) is 0 Å². The van der Waals surface area contributed by atoms with Gasteiger partial charge in [0, 0.05) is 6.61 Å². The highest BCUT2D eigenvalue weighted by Crippen LogP contribution is 2.64. The minimum absolute atomic E-state index is 0.0381. The number of carbonyl (C=O) groups is 1. The lowest BCUT2D eigenvalue weighted by molar-refractivity contribution is -0.168. The number of hydrogen-bond acceptors (Lipinski definition) is 2. The molecule has 3 aliphatic carbocycles. The molecule has 4 fully saturated rings. The Labute approximate surface area is 121 Å². The van der Waals surface area contributed by atoms with Crippen LogP contribution in [0.1, 0.15) is 64.2 Å². The minimum Gasteiger partial charge on any atom is -0.481 e. The van der Waals surface area contributed by atoms with Crippen LogP contribution in [0.25, 0.3) is 0 Å². The molecule has 3 atom stereocenters. The van der Waals surface area contributed by atoms with Crippen molar-refractivity contribution in [2.45, 2.75) is 69.8 Å². The Hall–Kier alpha value is -0.570. The summed E-state index contributed by atoms with van der Waals surface area (Å²) in [7, 11) is 0. The van der Waals surface area contributed by atoms with Crippen molar-refractivity contribution in [2.75, 3.05) is 6.61 Å². The Morgan fingerprint density at radius 3 is 2.40 bits per heavy atom. The van der Waals surface area contributed by atoms with Crippen molar-refractivity contribution >= 4 is 5.97 Å². The van der Waals surface area contributed by atoms with Crippen LogP contribution >= 0.6 is 0 Å². The van der Waals surface area contributed by atoms with Crippen LogP contribution in [0.15, 0.2) is 0 Å². The van der Waals surface area contributed by atoms with Crippen LogP contribution in [0.4, 0.5) is 0 Å². The Morgan fingerprint density at radius 1 is 1.05 bits per heavy atom. The lowest BCUT2D eigenvalue weighted by atomic mass is 9.63. The molecular weight excluding hydrogens is 252 g/mol. The van der Waals surface area contributed by atoms with Crippen molar-refractivity contribution in [3.8, 4) is 0 Å². The first-order valence-electron chi connectivity index (χ1n) is 8.51. The molecule has 3 heteroatoms. The zero-order chi connectivity index (χ0) is 13.8. The highest BCUT2D eigenvalue weighted by atomic mass is 16.5. The van der Waals surface area contributed by atoms with Crippen molar-refractivity contribution in [1.82, 2.24) is 0 Å². The van der Waals surface area contributed by atoms with Crippen molar-refractivity contribution in [3.63, 3.8) is 0 Å². The summed E-state index contributed by atoms with van der Waals surface area (Å²) in [6, 6.07) is 0. The fraction of sp³-hybridized carbons (Fsp3) is 0.941. The molecule has 3 saturated carbocycles. The van der Waals surface area contributed by atoms with Gasteiger partial charge in [-0.2, -0.15) is 0 Å². The van der Waals surface area contributed by atoms with Crippen LogP contribution in [0.3, 0.4) is 0 Å². The number of hydrogen-bond donors (Lipinski definition) is 1. The molecule has 0 radical (unpaired) electrons. The van der Waals surface area contributed by atoms with Gasteiger partial charge in [0.2, 0.25) is 0 Å². The molecule has 112 valence electrons. The molecule has 1 saturated heterocycles. The predicted molar refractivity (Wildman–Crippen MR) is 75.4 cm³/mol. The molecule has 0 aromatic heterocycles. The summed E-state index contributed by atoms with van der Waals surface area (Å²) in [6.07, 6.45) is 11.3. The third kappa shape index (κ3) is 1.93. The molecule has 3 nitrogen and oxygen atoms in total. The molecule has 4 rings (SSSR count). The molecule has 3 unspecified atom stereocenters. The Bertz CT molecular complexity index is 395. The SMILES string of the molecule is O=C(O)C1(C2CCOC3(CCCCC3)C2)CC2CC2C1. The first kappa shape index (κ1) is 13.1. The minimum atomic E-state index is -0.512. The van der Waals surface area contributed by atoms with Crippen molar-refractivity contribution in [3.05, 3.63) is 0 Å². The van der Waals surface area contributed by atoms with Gasteiger partial charge in [-0.3, -0.25) is 4.79 Å². The van der Waals surface area contributed by atoms with E-state index in [4.69, 9.17) is 4.74 Å². The first-order chi connectivity index (χ1) is 9.64. The molecule has 1 heterocycles. The number of ether oxygens (including phenoxy) is 1. The van der Waals surface area contributed by atoms with Crippen LogP contribution in [0.2, 0.25) is 0 Å². The van der Waals surface area contributed by atoms with E-state index >= 15 is 0 Å². The summed E-state index contributed by atoms with van der Waals surface area (Å²) in [5.41, 5.74) is -0.363. The average Bonchev–Trinajstić information content (AvgIpc) is 3.06. The van der Waals surface area contributed by atoms with E-state index in [-0.39, 0.29) is 5.60 Å². The van der Waals surface area contributed by atoms with E-state index in [9.17, 15) is 9.90 Å². The number of fused-ring (bicyclic) bond motifs is 1. The fourth-order valence-corrected chi connectivity index (χ4v) is 5.56. The third-order valence-electron chi connectivity index (χ3n) is 6.79. The van der Waals surface area contributed by atoms with Gasteiger partial charge in [0.05, 0.1) is 11.0 Å². The molecule has 1 N–H and O–H groups in total. The van der Waals surface area contributed by atoms with Crippen LogP contribution < -0.4 is 0 Å². The van der Waals surface area contributed by atoms with Gasteiger partial charge in [-0.15, -0.1) is 0 Å². The highest BCUT2D eigenvalue weighted by molar-refractivity contribution is 5.76. The Morgan fingerprint density at radius 2 is 1.75 bits per heavy atom. The third-order valence-corrected chi connectivity index (χ3v) is 6.79. The van der Waals surface area contributed by atoms with E-state index in [1.54, 1.807) is 0 Å². The van der Waals surface area contributed by atoms with Crippen molar-refractivity contribution in [2.24, 2.45) is 23.2 Å². The van der Waals surface area contributed by atoms with E-state index in [0.717, 1.165) is 57.0 Å². The van der Waals surface area contributed by atoms with Crippen LogP contribution in [-0.2, 0) is 9.53 Å². The highest BCUT2D eigenvalue weighted by Gasteiger charge is 2.61. The maximum absolute atomic E-state index is 12.0. The Kier molecular flexibility index (Phi) is 2.93. The number of carboxylic acid groups (broad SMARTS) is 1. The zero-order valence-corrected chi connectivity index (χ0v) is 12.3. The van der Waals surface area contributed by atoms with Crippen LogP contribution in [0, 0.1) is 23.2 Å². The largest absolute Gasteiger partial charge is 0.481 e. The van der Waals surface area contributed by atoms with Crippen LogP contribution in [-0.4, -0.2) is 23.3 Å². The molecule has 1 spiro atoms. The molecule has 0 amide bonds. The average molecular weight is 278 g/mol. The predicted octanol–water partition coefficient (Wildman–Crippen LogP) is 3.62. The molecule has 1 aliphatic heterocycles. The lowest BCUT2D eigenvalue weighted by Gasteiger charge is -2.48. The van der Waals surface area contributed by atoms with E-state index in [0.29, 0.717) is 5.92 Å². The van der Waals surface area contributed by atoms with Gasteiger partial charge >= 0.3 is 5.97 Å². The monoisotopic (exact) mass is 278 g/mol. The summed E-state index contributed by atoms with van der Waals surface area (Å²) in [5, 5.41) is 9.90. The Balaban J connectivity index is 1.56. The smallest absolute Gasteiger partial charge is 0.309 e. The summed E-state index contributed by atoms with van der Waals surface area (Å²) in [4.78, 5) is 12.0. The summed E-state index contributed by atoms with van der Waals surface area (Å²) in [6.45, 7) is 0.787. The molecule has 0 bridgehead atoms. The second-order valence-electron chi connectivity index (χ2n) is 7.91. The normalized spacial score (nSPS) is 46.1. The summed E-state index contributed by atoms with van der Waals surface area (Å²) < 4.78 is 6.17. The van der Waals surface area contributed by atoms with E-state index in [1.165, 1.54) is 25.7 Å². The van der Waals surface area contributed by atoms with Gasteiger partial charge < -0.3 is 9.84 Å². The fourth-order valence-electron chi connectivity index (χ4n) is 5.56. The van der Waals surface area contributed by atoms with Gasteiger partial charge in [-0.05, 0) is 62.7 Å². The second kappa shape index (κ2) is 4.46. The first-order valence-corrected chi connectivity index (χ1v) is 8.51. The zero-order valence-electron chi connectivity index (χ0n) is 12.3. The van der Waals surface area contributed by atoms with E-state index in [1.807, 2.05) is 0 Å². The van der Waals surface area contributed by atoms with Crippen LogP contribution in [0.5, 0.6) is 0 Å². The maximum atomic E-state index is 12.0. The number of aliphatic carboxylic acids is 1. The van der Waals surface area contributed by atoms with Gasteiger partial charge in [-0.25, -0.2) is 0 Å². The quantitative estimate of drug-likeness (QED) is 0.839. The second-order valence-corrected chi connectivity index (χ2v) is 7.91. The number of rotatable bonds is 2. The van der Waals surface area contributed by atoms with E-state index < -0.39 is 11.4 Å². The standard InChI is InChI=1S/C17H26O3/c18-15(19)17(9-12-8-13(12)10-17)14-4-7-20-16(11-14)5-2-1-3-6-16/h12-14H,1-11H2,(H,18,19). The summed E-state index contributed by atoms with van der Waals surface area (Å²) >= 11 is 0. The van der Waals surface area contributed by atoms with Crippen molar-refractivity contribution < 1.29 is 14.6 Å². The molecule has 0 aromatic rings. The molecular formula is C17H26O3. The lowest BCUT2D eigenvalue weighted by Crippen LogP contribution is -2.48. The van der Waals surface area contributed by atoms with Gasteiger partial charge in [0.25, 0.3) is 0 Å². The molecule has 20 heavy (non-hydrogen) atoms. The van der Waals surface area contributed by atoms with Crippen molar-refractivity contribution in [1.29, 1.82) is 0 Å². The van der Waals surface area contributed by atoms with Gasteiger partial charge in [0.1, 0.15) is 0 Å². The molecule has 0 aromatic carbocycles. The molecule has 4 aliphatic rings. The van der Waals surface area contributed by atoms with E-state index in [2.05, 4.69) is 0 Å².